The second kappa shape index (κ2) is 16.7. The monoisotopic (exact) mass is 784 g/mol. The van der Waals surface area contributed by atoms with E-state index < -0.39 is 11.5 Å². The van der Waals surface area contributed by atoms with Crippen LogP contribution in [0.15, 0.2) is 114 Å². The molecule has 0 aliphatic rings. The molecule has 18 nitrogen and oxygen atoms in total. The fourth-order valence-electron chi connectivity index (χ4n) is 5.18. The average Bonchev–Trinajstić information content (AvgIpc) is 3.95. The average molecular weight is 786 g/mol. The molecule has 6 heterocycles. The van der Waals surface area contributed by atoms with E-state index in [2.05, 4.69) is 75.4 Å². The van der Waals surface area contributed by atoms with Gasteiger partial charge >= 0.3 is 11.5 Å². The van der Waals surface area contributed by atoms with Gasteiger partial charge in [0.25, 0.3) is 11.1 Å². The molecule has 0 unspecified atom stereocenters. The van der Waals surface area contributed by atoms with Gasteiger partial charge in [-0.05, 0) is 24.0 Å². The Balaban J connectivity index is 0.000000153. The van der Waals surface area contributed by atoms with Crippen molar-refractivity contribution in [2.75, 3.05) is 5.33 Å². The lowest BCUT2D eigenvalue weighted by Crippen LogP contribution is -2.22. The van der Waals surface area contributed by atoms with E-state index in [4.69, 9.17) is 8.83 Å². The van der Waals surface area contributed by atoms with Crippen molar-refractivity contribution in [1.29, 1.82) is 0 Å². The van der Waals surface area contributed by atoms with E-state index in [1.165, 1.54) is 44.7 Å². The zero-order valence-electron chi connectivity index (χ0n) is 28.6. The second-order valence-electron chi connectivity index (χ2n) is 11.6. The Hall–Kier alpha value is -6.50. The van der Waals surface area contributed by atoms with Gasteiger partial charge in [0.1, 0.15) is 25.7 Å². The molecule has 0 radical (unpaired) electrons. The van der Waals surface area contributed by atoms with Crippen LogP contribution in [0.1, 0.15) is 22.9 Å². The van der Waals surface area contributed by atoms with Crippen molar-refractivity contribution in [3.8, 4) is 0 Å². The van der Waals surface area contributed by atoms with Crippen LogP contribution in [-0.2, 0) is 46.6 Å². The first-order valence-electron chi connectivity index (χ1n) is 16.2. The fraction of sp³-hybridized carbons (Fsp3) is 0.235. The highest BCUT2D eigenvalue weighted by molar-refractivity contribution is 9.09. The Morgan fingerprint density at radius 2 is 1.17 bits per heavy atom. The van der Waals surface area contributed by atoms with E-state index in [9.17, 15) is 19.2 Å². The Morgan fingerprint density at radius 1 is 0.660 bits per heavy atom. The first-order valence-corrected chi connectivity index (χ1v) is 17.3. The normalized spacial score (nSPS) is 10.9. The third-order valence-electron chi connectivity index (χ3n) is 7.82. The quantitative estimate of drug-likeness (QED) is 0.208. The van der Waals surface area contributed by atoms with E-state index in [0.29, 0.717) is 35.3 Å². The zero-order valence-corrected chi connectivity index (χ0v) is 30.2. The summed E-state index contributed by atoms with van der Waals surface area (Å²) < 4.78 is 17.0. The summed E-state index contributed by atoms with van der Waals surface area (Å²) in [7, 11) is 3.43. The maximum Gasteiger partial charge on any atom is 0.437 e. The molecule has 0 spiro atoms. The molecule has 8 aromatic rings. The second-order valence-corrected chi connectivity index (χ2v) is 12.4. The molecule has 0 aliphatic carbocycles. The van der Waals surface area contributed by atoms with E-state index >= 15 is 0 Å². The Bertz CT molecular complexity index is 2670. The number of benzene rings is 2. The van der Waals surface area contributed by atoms with Crippen molar-refractivity contribution >= 4 is 38.3 Å². The van der Waals surface area contributed by atoms with Crippen LogP contribution in [0.5, 0.6) is 0 Å². The van der Waals surface area contributed by atoms with Crippen LogP contribution in [0.2, 0.25) is 0 Å². The van der Waals surface area contributed by atoms with Gasteiger partial charge in [-0.15, -0.1) is 10.2 Å². The minimum absolute atomic E-state index is 0.0283. The summed E-state index contributed by atoms with van der Waals surface area (Å²) in [4.78, 5) is 63.6. The van der Waals surface area contributed by atoms with Gasteiger partial charge in [-0.25, -0.2) is 34.6 Å². The Kier molecular flexibility index (Phi) is 11.4. The highest BCUT2D eigenvalue weighted by Gasteiger charge is 2.14. The number of nitrogens with one attached hydrogen (secondary N) is 1. The van der Waals surface area contributed by atoms with E-state index in [1.54, 1.807) is 23.2 Å². The molecule has 0 amide bonds. The highest BCUT2D eigenvalue weighted by atomic mass is 79.9. The summed E-state index contributed by atoms with van der Waals surface area (Å²) >= 11 is 3.39. The number of rotatable bonds is 9. The number of aryl methyl sites for hydroxylation is 5. The molecule has 19 heteroatoms. The molecular weight excluding hydrogens is 752 g/mol. The predicted octanol–water partition coefficient (Wildman–Crippen LogP) is 2.05. The summed E-state index contributed by atoms with van der Waals surface area (Å²) in [5, 5.41) is 11.0. The molecule has 8 rings (SSSR count). The number of hydrogen-bond acceptors (Lipinski definition) is 12. The minimum Gasteiger partial charge on any atom is -0.390 e. The molecule has 0 aliphatic heterocycles. The van der Waals surface area contributed by atoms with Gasteiger partial charge in [0.2, 0.25) is 11.8 Å². The van der Waals surface area contributed by atoms with Crippen molar-refractivity contribution in [3.05, 3.63) is 151 Å². The van der Waals surface area contributed by atoms with Crippen molar-refractivity contribution in [3.63, 3.8) is 0 Å². The summed E-state index contributed by atoms with van der Waals surface area (Å²) in [5.41, 5.74) is 3.49. The van der Waals surface area contributed by atoms with Crippen molar-refractivity contribution in [1.82, 2.24) is 58.2 Å². The van der Waals surface area contributed by atoms with Gasteiger partial charge in [-0.3, -0.25) is 18.7 Å². The molecule has 6 aromatic heterocycles. The van der Waals surface area contributed by atoms with Crippen LogP contribution in [0.25, 0.3) is 22.3 Å². The number of halogens is 1. The van der Waals surface area contributed by atoms with Crippen LogP contribution in [0, 0.1) is 0 Å². The number of imidazole rings is 2. The van der Waals surface area contributed by atoms with Gasteiger partial charge in [0, 0.05) is 19.4 Å². The molecular formula is C34H33BrN12O6. The molecule has 0 saturated carbocycles. The smallest absolute Gasteiger partial charge is 0.390 e. The topological polar surface area (TPSA) is 212 Å². The lowest BCUT2D eigenvalue weighted by molar-refractivity contribution is 0.434. The summed E-state index contributed by atoms with van der Waals surface area (Å²) in [6.07, 6.45) is 7.54. The molecule has 0 saturated heterocycles. The first-order chi connectivity index (χ1) is 25.7. The van der Waals surface area contributed by atoms with Crippen LogP contribution in [0.3, 0.4) is 0 Å². The van der Waals surface area contributed by atoms with E-state index in [1.807, 2.05) is 36.4 Å². The van der Waals surface area contributed by atoms with Crippen molar-refractivity contribution in [2.24, 2.45) is 14.1 Å². The summed E-state index contributed by atoms with van der Waals surface area (Å²) in [6, 6.07) is 20.3. The molecule has 2 aromatic carbocycles. The van der Waals surface area contributed by atoms with Crippen LogP contribution >= 0.6 is 15.9 Å². The predicted molar refractivity (Wildman–Crippen MR) is 196 cm³/mol. The molecule has 0 bridgehead atoms. The van der Waals surface area contributed by atoms with Crippen molar-refractivity contribution in [2.45, 2.75) is 32.5 Å². The Morgan fingerprint density at radius 3 is 1.68 bits per heavy atom. The maximum atomic E-state index is 12.5. The van der Waals surface area contributed by atoms with Crippen LogP contribution < -0.4 is 22.6 Å². The van der Waals surface area contributed by atoms with Gasteiger partial charge in [-0.2, -0.15) is 4.68 Å². The lowest BCUT2D eigenvalue weighted by Gasteiger charge is -2.02. The molecule has 0 atom stereocenters. The highest BCUT2D eigenvalue weighted by Crippen LogP contribution is 2.06. The van der Waals surface area contributed by atoms with Crippen LogP contribution in [0.4, 0.5) is 0 Å². The molecule has 272 valence electrons. The van der Waals surface area contributed by atoms with Crippen molar-refractivity contribution < 1.29 is 8.83 Å². The molecule has 0 fully saturated rings. The number of H-pyrrole nitrogens is 1. The lowest BCUT2D eigenvalue weighted by atomic mass is 10.2. The first kappa shape index (κ1) is 36.3. The number of hydrogen-bond donors (Lipinski definition) is 1. The van der Waals surface area contributed by atoms with E-state index in [0.717, 1.165) is 17.3 Å². The maximum absolute atomic E-state index is 12.5. The standard InChI is InChI=1S/C17H16N6O3.C9H8N6O3.C8H9Br/c1-21-10-18-15-14(21)16(24)22(11-19-15)9-13-20-23(17(25)26-13)8-7-12-5-3-2-4-6-12;1-14-3-10-7-6(14)8(16)15(4-11-7)2-5-12-13-9(17)18-5;9-7-6-8-4-2-1-3-5-8/h2-6,10-11H,7-9H2,1H3;3-4H,2H2,1H3,(H,13,17);1-5H,6-7H2. The summed E-state index contributed by atoms with van der Waals surface area (Å²) in [5.74, 6) is -0.926. The van der Waals surface area contributed by atoms with Gasteiger partial charge in [0.15, 0.2) is 22.3 Å². The largest absolute Gasteiger partial charge is 0.437 e. The van der Waals surface area contributed by atoms with Crippen LogP contribution in [-0.4, -0.2) is 63.5 Å². The van der Waals surface area contributed by atoms with Gasteiger partial charge in [0.05, 0.1) is 19.2 Å². The van der Waals surface area contributed by atoms with Gasteiger partial charge in [-0.1, -0.05) is 76.6 Å². The number of nitrogens with zero attached hydrogens (tertiary/aromatic N) is 11. The molecule has 53 heavy (non-hydrogen) atoms. The Labute approximate surface area is 307 Å². The third-order valence-corrected chi connectivity index (χ3v) is 8.22. The number of alkyl halides is 1. The molecule has 1 N–H and O–H groups in total. The SMILES string of the molecule is BrCCc1ccccc1.Cn1cnc2ncn(Cc3n[nH]c(=O)o3)c(=O)c21.Cn1cnc2ncn(Cc3nn(CCc4ccccc4)c(=O)o3)c(=O)c21. The minimum atomic E-state index is -0.660. The number of aromatic amines is 1. The fourth-order valence-corrected chi connectivity index (χ4v) is 5.63. The number of fused-ring (bicyclic) bond motifs is 2. The zero-order chi connectivity index (χ0) is 37.3. The number of aromatic nitrogens is 12. The van der Waals surface area contributed by atoms with Gasteiger partial charge < -0.3 is 18.0 Å². The third kappa shape index (κ3) is 8.87. The summed E-state index contributed by atoms with van der Waals surface area (Å²) in [6.45, 7) is 0.465. The van der Waals surface area contributed by atoms with E-state index in [-0.39, 0.29) is 36.0 Å².